The van der Waals surface area contributed by atoms with Crippen molar-refractivity contribution in [3.63, 3.8) is 0 Å². The van der Waals surface area contributed by atoms with E-state index in [1.165, 1.54) is 4.90 Å². The zero-order valence-corrected chi connectivity index (χ0v) is 21.0. The van der Waals surface area contributed by atoms with Crippen LogP contribution in [-0.4, -0.2) is 36.4 Å². The summed E-state index contributed by atoms with van der Waals surface area (Å²) in [5.74, 6) is -0.113. The Morgan fingerprint density at radius 1 is 0.970 bits per heavy atom. The Balaban J connectivity index is 1.88. The summed E-state index contributed by atoms with van der Waals surface area (Å²) in [7, 11) is 1.56. The maximum absolute atomic E-state index is 13.4. The van der Waals surface area contributed by atoms with Gasteiger partial charge in [0.2, 0.25) is 5.91 Å². The van der Waals surface area contributed by atoms with Gasteiger partial charge in [-0.25, -0.2) is 0 Å². The van der Waals surface area contributed by atoms with Gasteiger partial charge in [-0.15, -0.1) is 0 Å². The average molecular weight is 550 g/mol. The molecule has 0 heterocycles. The summed E-state index contributed by atoms with van der Waals surface area (Å²) in [6, 6.07) is 21.1. The predicted molar refractivity (Wildman–Crippen MR) is 135 cm³/mol. The van der Waals surface area contributed by atoms with E-state index in [2.05, 4.69) is 21.2 Å². The van der Waals surface area contributed by atoms with Gasteiger partial charge >= 0.3 is 0 Å². The van der Waals surface area contributed by atoms with Gasteiger partial charge in [-0.2, -0.15) is 0 Å². The minimum atomic E-state index is -0.735. The highest BCUT2D eigenvalue weighted by Crippen LogP contribution is 2.28. The molecule has 3 aromatic carbocycles. The maximum atomic E-state index is 13.4. The lowest BCUT2D eigenvalue weighted by Crippen LogP contribution is -2.51. The third-order valence-electron chi connectivity index (χ3n) is 5.00. The van der Waals surface area contributed by atoms with Crippen LogP contribution in [0.5, 0.6) is 5.75 Å². The van der Waals surface area contributed by atoms with Crippen molar-refractivity contribution in [3.05, 3.63) is 98.4 Å². The molecule has 0 saturated heterocycles. The van der Waals surface area contributed by atoms with Crippen LogP contribution in [0.15, 0.2) is 77.3 Å². The summed E-state index contributed by atoms with van der Waals surface area (Å²) in [4.78, 5) is 27.8. The van der Waals surface area contributed by atoms with Gasteiger partial charge in [-0.3, -0.25) is 9.59 Å². The van der Waals surface area contributed by atoms with Crippen LogP contribution in [0.3, 0.4) is 0 Å². The molecule has 8 heteroatoms. The molecule has 1 atom stereocenters. The van der Waals surface area contributed by atoms with Crippen molar-refractivity contribution >= 4 is 50.9 Å². The topological polar surface area (TPSA) is 58.6 Å². The van der Waals surface area contributed by atoms with E-state index in [9.17, 15) is 9.59 Å². The Hall–Kier alpha value is -2.54. The number of likely N-dealkylation sites (N-methyl/N-ethyl adjacent to an activating group) is 1. The van der Waals surface area contributed by atoms with Crippen molar-refractivity contribution in [2.75, 3.05) is 13.7 Å². The van der Waals surface area contributed by atoms with Crippen molar-refractivity contribution in [2.24, 2.45) is 0 Å². The quantitative estimate of drug-likeness (QED) is 0.382. The largest absolute Gasteiger partial charge is 0.483 e. The minimum absolute atomic E-state index is 0.204. The molecule has 3 rings (SSSR count). The smallest absolute Gasteiger partial charge is 0.261 e. The fourth-order valence-electron chi connectivity index (χ4n) is 3.37. The number of nitrogens with one attached hydrogen (secondary N) is 1. The number of benzene rings is 3. The molecule has 0 aliphatic carbocycles. The summed E-state index contributed by atoms with van der Waals surface area (Å²) in [6.07, 6.45) is 0.359. The second-order valence-electron chi connectivity index (χ2n) is 7.33. The van der Waals surface area contributed by atoms with Crippen molar-refractivity contribution in [2.45, 2.75) is 19.0 Å². The van der Waals surface area contributed by atoms with Crippen LogP contribution in [0, 0.1) is 0 Å². The molecule has 1 N–H and O–H groups in total. The summed E-state index contributed by atoms with van der Waals surface area (Å²) in [5, 5.41) is 3.79. The second-order valence-corrected chi connectivity index (χ2v) is 9.06. The SMILES string of the molecule is CNC(=O)[C@H](Cc1ccccc1)N(Cc1cccc(Cl)c1)C(=O)COc1ccc(Cl)cc1Br. The Kier molecular flexibility index (Phi) is 9.18. The number of carbonyl (C=O) groups is 2. The Morgan fingerprint density at radius 3 is 2.33 bits per heavy atom. The molecule has 0 unspecified atom stereocenters. The lowest BCUT2D eigenvalue weighted by Gasteiger charge is -2.31. The molecular formula is C25H23BrCl2N2O3. The van der Waals surface area contributed by atoms with Crippen molar-refractivity contribution in [1.29, 1.82) is 0 Å². The second kappa shape index (κ2) is 12.1. The van der Waals surface area contributed by atoms with Crippen LogP contribution in [0.2, 0.25) is 10.0 Å². The third-order valence-corrected chi connectivity index (χ3v) is 6.09. The fraction of sp³-hybridized carbons (Fsp3) is 0.200. The molecule has 5 nitrogen and oxygen atoms in total. The molecule has 0 radical (unpaired) electrons. The van der Waals surface area contributed by atoms with Gasteiger partial charge in [0.1, 0.15) is 11.8 Å². The highest BCUT2D eigenvalue weighted by atomic mass is 79.9. The van der Waals surface area contributed by atoms with E-state index in [-0.39, 0.29) is 25.0 Å². The average Bonchev–Trinajstić information content (AvgIpc) is 2.81. The van der Waals surface area contributed by atoms with Crippen LogP contribution in [0.25, 0.3) is 0 Å². The number of hydrogen-bond donors (Lipinski definition) is 1. The fourth-order valence-corrected chi connectivity index (χ4v) is 4.38. The van der Waals surface area contributed by atoms with E-state index in [0.29, 0.717) is 26.7 Å². The monoisotopic (exact) mass is 548 g/mol. The number of halogens is 3. The van der Waals surface area contributed by atoms with Gasteiger partial charge in [-0.05, 0) is 57.4 Å². The van der Waals surface area contributed by atoms with Crippen molar-refractivity contribution < 1.29 is 14.3 Å². The molecule has 0 aliphatic rings. The van der Waals surface area contributed by atoms with Crippen LogP contribution in [0.4, 0.5) is 0 Å². The lowest BCUT2D eigenvalue weighted by atomic mass is 10.0. The Bertz CT molecular complexity index is 1110. The maximum Gasteiger partial charge on any atom is 0.261 e. The van der Waals surface area contributed by atoms with E-state index in [1.807, 2.05) is 42.5 Å². The standard InChI is InChI=1S/C25H23BrCl2N2O3/c1-29-25(32)22(13-17-6-3-2-4-7-17)30(15-18-8-5-9-19(27)12-18)24(31)16-33-23-11-10-20(28)14-21(23)26/h2-12,14,22H,13,15-16H2,1H3,(H,29,32)/t22-/m0/s1. The van der Waals surface area contributed by atoms with Crippen LogP contribution in [0.1, 0.15) is 11.1 Å². The van der Waals surface area contributed by atoms with Crippen LogP contribution in [-0.2, 0) is 22.6 Å². The molecule has 0 bridgehead atoms. The summed E-state index contributed by atoms with van der Waals surface area (Å²) >= 11 is 15.5. The first-order valence-electron chi connectivity index (χ1n) is 10.2. The molecule has 0 fully saturated rings. The highest BCUT2D eigenvalue weighted by molar-refractivity contribution is 9.10. The highest BCUT2D eigenvalue weighted by Gasteiger charge is 2.30. The molecule has 0 aromatic heterocycles. The predicted octanol–water partition coefficient (Wildman–Crippen LogP) is 5.52. The van der Waals surface area contributed by atoms with Gasteiger partial charge in [-0.1, -0.05) is 65.7 Å². The zero-order chi connectivity index (χ0) is 23.8. The Morgan fingerprint density at radius 2 is 1.67 bits per heavy atom. The number of hydrogen-bond acceptors (Lipinski definition) is 3. The molecular weight excluding hydrogens is 527 g/mol. The van der Waals surface area contributed by atoms with Crippen LogP contribution < -0.4 is 10.1 Å². The third kappa shape index (κ3) is 7.22. The minimum Gasteiger partial charge on any atom is -0.483 e. The molecule has 2 amide bonds. The van der Waals surface area contributed by atoms with Gasteiger partial charge in [0.25, 0.3) is 5.91 Å². The Labute approximate surface area is 211 Å². The normalized spacial score (nSPS) is 11.5. The molecule has 172 valence electrons. The number of carbonyl (C=O) groups excluding carboxylic acids is 2. The molecule has 3 aromatic rings. The first-order chi connectivity index (χ1) is 15.9. The zero-order valence-electron chi connectivity index (χ0n) is 17.9. The molecule has 0 aliphatic heterocycles. The first-order valence-corrected chi connectivity index (χ1v) is 11.8. The lowest BCUT2D eigenvalue weighted by molar-refractivity contribution is -0.142. The van der Waals surface area contributed by atoms with Gasteiger partial charge in [0.15, 0.2) is 6.61 Å². The van der Waals surface area contributed by atoms with E-state index >= 15 is 0 Å². The van der Waals surface area contributed by atoms with Gasteiger partial charge < -0.3 is 15.0 Å². The van der Waals surface area contributed by atoms with Gasteiger partial charge in [0.05, 0.1) is 4.47 Å². The first kappa shape index (κ1) is 25.1. The van der Waals surface area contributed by atoms with Crippen LogP contribution >= 0.6 is 39.1 Å². The van der Waals surface area contributed by atoms with E-state index in [4.69, 9.17) is 27.9 Å². The number of rotatable bonds is 9. The molecule has 33 heavy (non-hydrogen) atoms. The molecule has 0 saturated carbocycles. The van der Waals surface area contributed by atoms with Gasteiger partial charge in [0, 0.05) is 30.1 Å². The van der Waals surface area contributed by atoms with E-state index in [1.54, 1.807) is 37.4 Å². The van der Waals surface area contributed by atoms with E-state index in [0.717, 1.165) is 11.1 Å². The number of ether oxygens (including phenoxy) is 1. The summed E-state index contributed by atoms with van der Waals surface area (Å²) in [5.41, 5.74) is 1.75. The number of amides is 2. The van der Waals surface area contributed by atoms with Crippen molar-refractivity contribution in [3.8, 4) is 5.75 Å². The van der Waals surface area contributed by atoms with Crippen molar-refractivity contribution in [1.82, 2.24) is 10.2 Å². The number of nitrogens with zero attached hydrogens (tertiary/aromatic N) is 1. The summed E-state index contributed by atoms with van der Waals surface area (Å²) in [6.45, 7) is -0.0431. The summed E-state index contributed by atoms with van der Waals surface area (Å²) < 4.78 is 6.39. The van der Waals surface area contributed by atoms with E-state index < -0.39 is 6.04 Å². The molecule has 0 spiro atoms.